The number of carbonyl (C=O) groups excluding carboxylic acids is 1. The molecule has 1 aliphatic rings. The van der Waals surface area contributed by atoms with Crippen LogP contribution in [0, 0.1) is 17.8 Å². The van der Waals surface area contributed by atoms with Gasteiger partial charge in [0.05, 0.1) is 7.11 Å². The summed E-state index contributed by atoms with van der Waals surface area (Å²) in [5.74, 6) is 2.74. The van der Waals surface area contributed by atoms with E-state index in [0.717, 1.165) is 18.4 Å². The van der Waals surface area contributed by atoms with E-state index >= 15 is 0 Å². The Labute approximate surface area is 193 Å². The number of methoxy groups -OCH3 is 1. The number of benzene rings is 2. The van der Waals surface area contributed by atoms with Gasteiger partial charge in [0.15, 0.2) is 11.5 Å². The van der Waals surface area contributed by atoms with Gasteiger partial charge < -0.3 is 14.2 Å². The van der Waals surface area contributed by atoms with Gasteiger partial charge in [0, 0.05) is 5.56 Å². The third-order valence-electron chi connectivity index (χ3n) is 6.55. The third-order valence-corrected chi connectivity index (χ3v) is 6.55. The topological polar surface area (TPSA) is 44.8 Å². The molecule has 0 amide bonds. The molecule has 0 aromatic heterocycles. The molecule has 0 radical (unpaired) electrons. The van der Waals surface area contributed by atoms with Gasteiger partial charge in [0.1, 0.15) is 17.4 Å². The molecule has 4 heteroatoms. The minimum atomic E-state index is -0.430. The average Bonchev–Trinajstić information content (AvgIpc) is 2.73. The summed E-state index contributed by atoms with van der Waals surface area (Å²) in [4.78, 5) is 13.3. The molecule has 0 unspecified atom stereocenters. The molecule has 2 aromatic carbocycles. The summed E-state index contributed by atoms with van der Waals surface area (Å²) in [6, 6.07) is 13.1. The van der Waals surface area contributed by atoms with Gasteiger partial charge in [-0.05, 0) is 54.2 Å². The molecule has 1 saturated carbocycles. The van der Waals surface area contributed by atoms with Gasteiger partial charge in [0.25, 0.3) is 0 Å². The zero-order valence-corrected chi connectivity index (χ0v) is 20.6. The van der Waals surface area contributed by atoms with Crippen molar-refractivity contribution in [3.63, 3.8) is 0 Å². The first-order valence-electron chi connectivity index (χ1n) is 11.8. The fraction of sp³-hybridized carbons (Fsp3) is 0.536. The minimum Gasteiger partial charge on any atom is -0.493 e. The van der Waals surface area contributed by atoms with Crippen molar-refractivity contribution in [1.29, 1.82) is 0 Å². The molecule has 0 bridgehead atoms. The lowest BCUT2D eigenvalue weighted by atomic mass is 9.75. The summed E-state index contributed by atoms with van der Waals surface area (Å²) in [6.45, 7) is 13.1. The Morgan fingerprint density at radius 3 is 2.34 bits per heavy atom. The fourth-order valence-corrected chi connectivity index (χ4v) is 4.69. The molecule has 1 aliphatic carbocycles. The van der Waals surface area contributed by atoms with Gasteiger partial charge in [0.2, 0.25) is 0 Å². The van der Waals surface area contributed by atoms with E-state index in [4.69, 9.17) is 14.2 Å². The Kier molecular flexibility index (Phi) is 7.53. The first-order valence-corrected chi connectivity index (χ1v) is 11.8. The summed E-state index contributed by atoms with van der Waals surface area (Å²) in [5.41, 5.74) is 1.24. The summed E-state index contributed by atoms with van der Waals surface area (Å²) >= 11 is 0. The molecule has 1 fully saturated rings. The number of rotatable bonds is 6. The van der Waals surface area contributed by atoms with Crippen molar-refractivity contribution in [2.75, 3.05) is 7.11 Å². The van der Waals surface area contributed by atoms with Crippen LogP contribution in [-0.2, 0) is 5.41 Å². The largest absolute Gasteiger partial charge is 0.493 e. The van der Waals surface area contributed by atoms with Crippen LogP contribution in [0.4, 0.5) is 0 Å². The number of carbonyl (C=O) groups is 1. The predicted molar refractivity (Wildman–Crippen MR) is 129 cm³/mol. The second-order valence-corrected chi connectivity index (χ2v) is 10.5. The standard InChI is InChI=1S/C28H38O4/c1-18(2)20-16-15-19(3)17-25(20)31-26-21(11-10-14-24(26)30-7)27(29)32-23-13-9-8-12-22(23)28(4,5)6/h8-14,18-20,25H,15-17H2,1-7H3/t19-,20+,25-/m1/s1. The first kappa shape index (κ1) is 24.2. The fourth-order valence-electron chi connectivity index (χ4n) is 4.69. The van der Waals surface area contributed by atoms with Crippen LogP contribution in [0.5, 0.6) is 17.2 Å². The highest BCUT2D eigenvalue weighted by Gasteiger charge is 2.34. The molecule has 0 aliphatic heterocycles. The maximum absolute atomic E-state index is 13.3. The Bertz CT molecular complexity index is 925. The van der Waals surface area contributed by atoms with Gasteiger partial charge in [-0.15, -0.1) is 0 Å². The summed E-state index contributed by atoms with van der Waals surface area (Å²) in [7, 11) is 1.61. The van der Waals surface area contributed by atoms with Crippen LogP contribution in [0.15, 0.2) is 42.5 Å². The molecular formula is C28H38O4. The lowest BCUT2D eigenvalue weighted by Crippen LogP contribution is -2.36. The molecule has 4 nitrogen and oxygen atoms in total. The molecule has 0 N–H and O–H groups in total. The highest BCUT2D eigenvalue weighted by Crippen LogP contribution is 2.40. The van der Waals surface area contributed by atoms with E-state index in [2.05, 4.69) is 41.5 Å². The summed E-state index contributed by atoms with van der Waals surface area (Å²) < 4.78 is 18.1. The van der Waals surface area contributed by atoms with Gasteiger partial charge >= 0.3 is 5.97 Å². The average molecular weight is 439 g/mol. The van der Waals surface area contributed by atoms with E-state index in [0.29, 0.717) is 40.6 Å². The molecule has 3 atom stereocenters. The van der Waals surface area contributed by atoms with Crippen LogP contribution in [0.2, 0.25) is 0 Å². The van der Waals surface area contributed by atoms with Gasteiger partial charge in [-0.25, -0.2) is 4.79 Å². The van der Waals surface area contributed by atoms with Crippen molar-refractivity contribution in [2.45, 2.75) is 72.3 Å². The van der Waals surface area contributed by atoms with E-state index in [1.807, 2.05) is 30.3 Å². The van der Waals surface area contributed by atoms with Crippen LogP contribution in [0.25, 0.3) is 0 Å². The van der Waals surface area contributed by atoms with E-state index in [1.165, 1.54) is 6.42 Å². The van der Waals surface area contributed by atoms with Crippen LogP contribution in [0.1, 0.15) is 76.7 Å². The van der Waals surface area contributed by atoms with E-state index in [1.54, 1.807) is 19.2 Å². The van der Waals surface area contributed by atoms with Crippen molar-refractivity contribution in [3.05, 3.63) is 53.6 Å². The number of hydrogen-bond acceptors (Lipinski definition) is 4. The second kappa shape index (κ2) is 9.97. The van der Waals surface area contributed by atoms with Crippen molar-refractivity contribution in [1.82, 2.24) is 0 Å². The number of para-hydroxylation sites is 2. The summed E-state index contributed by atoms with van der Waals surface area (Å²) in [5, 5.41) is 0. The molecule has 174 valence electrons. The SMILES string of the molecule is COc1cccc(C(=O)Oc2ccccc2C(C)(C)C)c1O[C@@H]1C[C@H](C)CC[C@H]1C(C)C. The monoisotopic (exact) mass is 438 g/mol. The maximum Gasteiger partial charge on any atom is 0.347 e. The molecule has 3 rings (SSSR count). The molecule has 32 heavy (non-hydrogen) atoms. The lowest BCUT2D eigenvalue weighted by Gasteiger charge is -2.37. The maximum atomic E-state index is 13.3. The molecular weight excluding hydrogens is 400 g/mol. The number of ether oxygens (including phenoxy) is 3. The smallest absolute Gasteiger partial charge is 0.347 e. The zero-order valence-electron chi connectivity index (χ0n) is 20.6. The van der Waals surface area contributed by atoms with Gasteiger partial charge in [-0.2, -0.15) is 0 Å². The van der Waals surface area contributed by atoms with E-state index < -0.39 is 5.97 Å². The minimum absolute atomic E-state index is 0.0449. The van der Waals surface area contributed by atoms with Crippen LogP contribution >= 0.6 is 0 Å². The molecule has 0 heterocycles. The molecule has 0 saturated heterocycles. The van der Waals surface area contributed by atoms with Crippen molar-refractivity contribution >= 4 is 5.97 Å². The van der Waals surface area contributed by atoms with Crippen molar-refractivity contribution < 1.29 is 19.0 Å². The zero-order chi connectivity index (χ0) is 23.5. The number of hydrogen-bond donors (Lipinski definition) is 0. The number of esters is 1. The van der Waals surface area contributed by atoms with E-state index in [9.17, 15) is 4.79 Å². The Morgan fingerprint density at radius 2 is 1.69 bits per heavy atom. The Morgan fingerprint density at radius 1 is 1.00 bits per heavy atom. The van der Waals surface area contributed by atoms with Crippen molar-refractivity contribution in [2.24, 2.45) is 17.8 Å². The van der Waals surface area contributed by atoms with E-state index in [-0.39, 0.29) is 11.5 Å². The van der Waals surface area contributed by atoms with Gasteiger partial charge in [-0.1, -0.05) is 72.2 Å². The quantitative estimate of drug-likeness (QED) is 0.358. The first-order chi connectivity index (χ1) is 15.1. The molecule has 2 aromatic rings. The van der Waals surface area contributed by atoms with Crippen LogP contribution < -0.4 is 14.2 Å². The Hall–Kier alpha value is -2.49. The predicted octanol–water partition coefficient (Wildman–Crippen LogP) is 7.05. The highest BCUT2D eigenvalue weighted by molar-refractivity contribution is 5.95. The summed E-state index contributed by atoms with van der Waals surface area (Å²) in [6.07, 6.45) is 3.37. The van der Waals surface area contributed by atoms with Gasteiger partial charge in [-0.3, -0.25) is 0 Å². The van der Waals surface area contributed by atoms with Crippen LogP contribution in [-0.4, -0.2) is 19.2 Å². The van der Waals surface area contributed by atoms with Crippen LogP contribution in [0.3, 0.4) is 0 Å². The normalized spacial score (nSPS) is 21.3. The highest BCUT2D eigenvalue weighted by atomic mass is 16.5. The third kappa shape index (κ3) is 5.46. The van der Waals surface area contributed by atoms with Crippen molar-refractivity contribution in [3.8, 4) is 17.2 Å². The Balaban J connectivity index is 1.94. The second-order valence-electron chi connectivity index (χ2n) is 10.5. The molecule has 0 spiro atoms. The lowest BCUT2D eigenvalue weighted by molar-refractivity contribution is 0.0420.